The second kappa shape index (κ2) is 7.72. The quantitative estimate of drug-likeness (QED) is 0.554. The third-order valence-corrected chi connectivity index (χ3v) is 6.15. The zero-order valence-electron chi connectivity index (χ0n) is 13.4. The molecule has 120 valence electrons. The summed E-state index contributed by atoms with van der Waals surface area (Å²) < 4.78 is 18.0. The highest BCUT2D eigenvalue weighted by Crippen LogP contribution is 2.33. The van der Waals surface area contributed by atoms with E-state index >= 15 is 0 Å². The number of carbonyl (C=O) groups is 1. The Kier molecular flexibility index (Phi) is 5.92. The van der Waals surface area contributed by atoms with Gasteiger partial charge in [0.25, 0.3) is 0 Å². The topological polar surface area (TPSA) is 43.4 Å². The molecule has 2 rings (SSSR count). The first kappa shape index (κ1) is 17.7. The van der Waals surface area contributed by atoms with E-state index in [9.17, 15) is 9.36 Å². The van der Waals surface area contributed by atoms with E-state index in [1.807, 2.05) is 13.8 Å². The molecule has 0 aromatic heterocycles. The van der Waals surface area contributed by atoms with Crippen molar-refractivity contribution in [2.75, 3.05) is 7.11 Å². The van der Waals surface area contributed by atoms with Gasteiger partial charge in [0.1, 0.15) is 5.75 Å². The van der Waals surface area contributed by atoms with Gasteiger partial charge in [-0.2, -0.15) is 0 Å². The van der Waals surface area contributed by atoms with Crippen LogP contribution in [0.1, 0.15) is 36.2 Å². The van der Waals surface area contributed by atoms with Gasteiger partial charge in [-0.15, -0.1) is 0 Å². The van der Waals surface area contributed by atoms with Crippen LogP contribution in [0.25, 0.3) is 0 Å². The molecule has 0 saturated heterocycles. The van der Waals surface area contributed by atoms with Crippen LogP contribution in [0, 0.1) is 0 Å². The number of rotatable bonds is 6. The summed E-state index contributed by atoms with van der Waals surface area (Å²) in [6, 6.07) is 12.1. The highest BCUT2D eigenvalue weighted by molar-refractivity contribution is 7.54. The van der Waals surface area contributed by atoms with Gasteiger partial charge < -0.3 is 4.74 Å². The lowest BCUT2D eigenvalue weighted by Gasteiger charge is -2.10. The van der Waals surface area contributed by atoms with Gasteiger partial charge >= 0.3 is 7.80 Å². The maximum absolute atomic E-state index is 13.0. The van der Waals surface area contributed by atoms with Crippen LogP contribution < -0.4 is 10.0 Å². The molecule has 23 heavy (non-hydrogen) atoms. The molecule has 0 heterocycles. The summed E-state index contributed by atoms with van der Waals surface area (Å²) >= 11 is 6.20. The van der Waals surface area contributed by atoms with Crippen LogP contribution in [-0.2, 0) is 4.57 Å². The molecule has 0 aliphatic heterocycles. The molecule has 0 aliphatic carbocycles. The molecule has 0 amide bonds. The van der Waals surface area contributed by atoms with Gasteiger partial charge in [-0.3, -0.25) is 4.79 Å². The smallest absolute Gasteiger partial charge is 0.380 e. The van der Waals surface area contributed by atoms with Crippen molar-refractivity contribution in [1.82, 2.24) is 0 Å². The van der Waals surface area contributed by atoms with Crippen molar-refractivity contribution < 1.29 is 14.1 Å². The van der Waals surface area contributed by atoms with Crippen molar-refractivity contribution in [3.05, 3.63) is 58.6 Å². The van der Waals surface area contributed by atoms with E-state index in [4.69, 9.17) is 16.3 Å². The van der Waals surface area contributed by atoms with E-state index in [0.29, 0.717) is 27.2 Å². The summed E-state index contributed by atoms with van der Waals surface area (Å²) in [7, 11) is -0.165. The third kappa shape index (κ3) is 3.63. The highest BCUT2D eigenvalue weighted by Gasteiger charge is 2.33. The summed E-state index contributed by atoms with van der Waals surface area (Å²) in [5.74, 6) is 0.144. The first-order valence-electron chi connectivity index (χ1n) is 7.43. The van der Waals surface area contributed by atoms with Crippen molar-refractivity contribution in [2.24, 2.45) is 0 Å². The van der Waals surface area contributed by atoms with Gasteiger partial charge in [-0.1, -0.05) is 41.3 Å². The molecule has 0 bridgehead atoms. The van der Waals surface area contributed by atoms with E-state index in [1.165, 1.54) is 7.11 Å². The Bertz CT molecular complexity index is 743. The monoisotopic (exact) mass is 349 g/mol. The Morgan fingerprint density at radius 1 is 1.22 bits per heavy atom. The van der Waals surface area contributed by atoms with Gasteiger partial charge in [0.15, 0.2) is 5.66 Å². The number of benzene rings is 2. The van der Waals surface area contributed by atoms with Crippen LogP contribution in [-0.4, -0.2) is 18.6 Å². The van der Waals surface area contributed by atoms with Crippen LogP contribution in [0.4, 0.5) is 0 Å². The number of carbonyl (C=O) groups excluding carboxylic acids is 1. The van der Waals surface area contributed by atoms with Gasteiger partial charge in [-0.25, -0.2) is 0 Å². The minimum absolute atomic E-state index is 0.00657. The number of ketones is 1. The zero-order valence-corrected chi connectivity index (χ0v) is 15.0. The lowest BCUT2D eigenvalue weighted by atomic mass is 10.0. The second-order valence-corrected chi connectivity index (χ2v) is 7.67. The first-order chi connectivity index (χ1) is 11.0. The Morgan fingerprint density at radius 3 is 2.57 bits per heavy atom. The van der Waals surface area contributed by atoms with Gasteiger partial charge in [0.2, 0.25) is 11.1 Å². The van der Waals surface area contributed by atoms with Crippen molar-refractivity contribution in [1.29, 1.82) is 0 Å². The molecule has 2 aromatic rings. The maximum Gasteiger partial charge on any atom is 0.380 e. The van der Waals surface area contributed by atoms with Crippen LogP contribution in [0.2, 0.25) is 5.02 Å². The lowest BCUT2D eigenvalue weighted by Crippen LogP contribution is -2.17. The van der Waals surface area contributed by atoms with Crippen LogP contribution in [0.3, 0.4) is 0 Å². The molecule has 0 aliphatic rings. The molecule has 0 saturated carbocycles. The van der Waals surface area contributed by atoms with E-state index in [0.717, 1.165) is 6.42 Å². The largest absolute Gasteiger partial charge is 0.496 e. The van der Waals surface area contributed by atoms with Crippen LogP contribution in [0.5, 0.6) is 5.75 Å². The standard InChI is InChI=1S/C18H19ClO3P/c1-4-12(2)23(21)16-11-6-5-8-13(16)18(20)17-14(19)9-7-10-15(17)22-3/h5-12H,4H2,1-3H3/q+1. The molecule has 5 heteroatoms. The van der Waals surface area contributed by atoms with Crippen LogP contribution >= 0.6 is 19.4 Å². The number of hydrogen-bond acceptors (Lipinski definition) is 3. The lowest BCUT2D eigenvalue weighted by molar-refractivity contribution is 0.103. The number of methoxy groups -OCH3 is 1. The fraction of sp³-hybridized carbons (Fsp3) is 0.278. The van der Waals surface area contributed by atoms with Gasteiger partial charge in [-0.05, 0) is 37.6 Å². The van der Waals surface area contributed by atoms with Gasteiger partial charge in [0, 0.05) is 0 Å². The molecule has 3 nitrogen and oxygen atoms in total. The summed E-state index contributed by atoms with van der Waals surface area (Å²) in [4.78, 5) is 13.0. The van der Waals surface area contributed by atoms with Crippen molar-refractivity contribution in [2.45, 2.75) is 25.9 Å². The normalized spacial score (nSPS) is 12.6. The Balaban J connectivity index is 2.56. The summed E-state index contributed by atoms with van der Waals surface area (Å²) in [5, 5.41) is 0.895. The molecule has 0 radical (unpaired) electrons. The predicted molar refractivity (Wildman–Crippen MR) is 94.9 cm³/mol. The molecule has 2 atom stereocenters. The first-order valence-corrected chi connectivity index (χ1v) is 9.14. The number of hydrogen-bond donors (Lipinski definition) is 0. The van der Waals surface area contributed by atoms with E-state index < -0.39 is 7.80 Å². The van der Waals surface area contributed by atoms with Crippen LogP contribution in [0.15, 0.2) is 42.5 Å². The number of ether oxygens (including phenoxy) is 1. The third-order valence-electron chi connectivity index (χ3n) is 3.80. The number of halogens is 1. The molecule has 0 fully saturated rings. The van der Waals surface area contributed by atoms with Gasteiger partial charge in [0.05, 0.1) is 23.3 Å². The van der Waals surface area contributed by atoms with Crippen molar-refractivity contribution >= 4 is 30.5 Å². The molecular weight excluding hydrogens is 331 g/mol. The fourth-order valence-corrected chi connectivity index (χ4v) is 4.00. The highest BCUT2D eigenvalue weighted by atomic mass is 35.5. The Labute approximate surface area is 142 Å². The molecule has 0 N–H and O–H groups in total. The summed E-state index contributed by atoms with van der Waals surface area (Å²) in [5.41, 5.74) is 0.726. The minimum atomic E-state index is -1.66. The second-order valence-electron chi connectivity index (χ2n) is 5.25. The fourth-order valence-electron chi connectivity index (χ4n) is 2.29. The average molecular weight is 350 g/mol. The Morgan fingerprint density at radius 2 is 1.91 bits per heavy atom. The average Bonchev–Trinajstić information content (AvgIpc) is 2.59. The molecule has 0 spiro atoms. The SMILES string of the molecule is CCC(C)[P+](=O)c1ccccc1C(=O)c1c(Cl)cccc1OC. The summed E-state index contributed by atoms with van der Waals surface area (Å²) in [6.07, 6.45) is 0.785. The summed E-state index contributed by atoms with van der Waals surface area (Å²) in [6.45, 7) is 3.91. The van der Waals surface area contributed by atoms with Crippen molar-refractivity contribution in [3.63, 3.8) is 0 Å². The molecule has 2 aromatic carbocycles. The van der Waals surface area contributed by atoms with Crippen molar-refractivity contribution in [3.8, 4) is 5.75 Å². The minimum Gasteiger partial charge on any atom is -0.496 e. The zero-order chi connectivity index (χ0) is 17.0. The van der Waals surface area contributed by atoms with E-state index in [-0.39, 0.29) is 11.4 Å². The predicted octanol–water partition coefficient (Wildman–Crippen LogP) is 4.83. The van der Waals surface area contributed by atoms with E-state index in [1.54, 1.807) is 42.5 Å². The van der Waals surface area contributed by atoms with E-state index in [2.05, 4.69) is 0 Å². The molecular formula is C18H19ClO3P+. The molecule has 2 unspecified atom stereocenters. The maximum atomic E-state index is 13.0. The Hall–Kier alpha value is -1.70.